The third-order valence-corrected chi connectivity index (χ3v) is 4.15. The van der Waals surface area contributed by atoms with E-state index in [4.69, 9.17) is 4.52 Å². The van der Waals surface area contributed by atoms with E-state index >= 15 is 0 Å². The number of likely N-dealkylation sites (tertiary alicyclic amines) is 1. The molecule has 1 aromatic carbocycles. The summed E-state index contributed by atoms with van der Waals surface area (Å²) >= 11 is 0. The zero-order valence-electron chi connectivity index (χ0n) is 13.3. The van der Waals surface area contributed by atoms with Gasteiger partial charge in [0.25, 0.3) is 0 Å². The lowest BCUT2D eigenvalue weighted by molar-refractivity contribution is -0.286. The lowest BCUT2D eigenvalue weighted by atomic mass is 10.1. The molecular formula is C16H15F2N3O4. The maximum Gasteiger partial charge on any atom is 0.586 e. The van der Waals surface area contributed by atoms with Crippen LogP contribution >= 0.6 is 0 Å². The van der Waals surface area contributed by atoms with E-state index in [1.165, 1.54) is 18.2 Å². The van der Waals surface area contributed by atoms with Gasteiger partial charge in [-0.1, -0.05) is 5.16 Å². The predicted octanol–water partition coefficient (Wildman–Crippen LogP) is 3.67. The Morgan fingerprint density at radius 1 is 1.32 bits per heavy atom. The summed E-state index contributed by atoms with van der Waals surface area (Å²) in [5, 5.41) is 6.68. The summed E-state index contributed by atoms with van der Waals surface area (Å²) in [5.74, 6) is 0.493. The molecule has 1 atom stereocenters. The number of alkyl halides is 2. The van der Waals surface area contributed by atoms with Crippen molar-refractivity contribution in [2.75, 3.05) is 11.9 Å². The summed E-state index contributed by atoms with van der Waals surface area (Å²) in [4.78, 5) is 14.2. The minimum absolute atomic E-state index is 0.0693. The van der Waals surface area contributed by atoms with Crippen LogP contribution < -0.4 is 14.8 Å². The third kappa shape index (κ3) is 2.97. The average Bonchev–Trinajstić information content (AvgIpc) is 3.23. The number of fused-ring (bicyclic) bond motifs is 1. The van der Waals surface area contributed by atoms with Crippen molar-refractivity contribution in [3.05, 3.63) is 35.7 Å². The van der Waals surface area contributed by atoms with Crippen LogP contribution in [0.3, 0.4) is 0 Å². The summed E-state index contributed by atoms with van der Waals surface area (Å²) in [6, 6.07) is 5.41. The molecule has 0 radical (unpaired) electrons. The Bertz CT molecular complexity index is 823. The second-order valence-corrected chi connectivity index (χ2v) is 5.97. The molecule has 1 fully saturated rings. The van der Waals surface area contributed by atoms with Gasteiger partial charge in [0.05, 0.1) is 6.04 Å². The van der Waals surface area contributed by atoms with E-state index in [2.05, 4.69) is 19.9 Å². The van der Waals surface area contributed by atoms with Crippen LogP contribution in [0.2, 0.25) is 0 Å². The maximum atomic E-state index is 13.1. The highest BCUT2D eigenvalue weighted by Crippen LogP contribution is 2.42. The van der Waals surface area contributed by atoms with E-state index in [9.17, 15) is 13.6 Å². The number of benzene rings is 1. The highest BCUT2D eigenvalue weighted by atomic mass is 19.3. The molecule has 0 aliphatic carbocycles. The monoisotopic (exact) mass is 351 g/mol. The maximum absolute atomic E-state index is 13.1. The number of anilines is 1. The number of aryl methyl sites for hydroxylation is 1. The number of urea groups is 1. The highest BCUT2D eigenvalue weighted by molar-refractivity contribution is 5.90. The molecule has 132 valence electrons. The van der Waals surface area contributed by atoms with Crippen LogP contribution in [0.5, 0.6) is 11.5 Å². The van der Waals surface area contributed by atoms with Crippen molar-refractivity contribution in [3.8, 4) is 11.5 Å². The van der Waals surface area contributed by atoms with Gasteiger partial charge in [-0.15, -0.1) is 8.78 Å². The van der Waals surface area contributed by atoms with Crippen LogP contribution in [-0.4, -0.2) is 28.9 Å². The van der Waals surface area contributed by atoms with E-state index < -0.39 is 6.29 Å². The quantitative estimate of drug-likeness (QED) is 0.893. The first kappa shape index (κ1) is 15.7. The molecule has 25 heavy (non-hydrogen) atoms. The number of carbonyl (C=O) groups is 1. The Morgan fingerprint density at radius 3 is 2.88 bits per heavy atom. The molecule has 0 saturated carbocycles. The van der Waals surface area contributed by atoms with Gasteiger partial charge in [-0.25, -0.2) is 4.79 Å². The molecule has 1 unspecified atom stereocenters. The molecule has 1 N–H and O–H groups in total. The van der Waals surface area contributed by atoms with Crippen LogP contribution in [0.15, 0.2) is 28.8 Å². The molecule has 0 bridgehead atoms. The van der Waals surface area contributed by atoms with Crippen molar-refractivity contribution in [2.45, 2.75) is 32.1 Å². The van der Waals surface area contributed by atoms with E-state index in [1.807, 2.05) is 0 Å². The summed E-state index contributed by atoms with van der Waals surface area (Å²) in [5.41, 5.74) is 1.04. The van der Waals surface area contributed by atoms with Crippen LogP contribution in [0, 0.1) is 6.92 Å². The van der Waals surface area contributed by atoms with Gasteiger partial charge < -0.3 is 24.2 Å². The molecule has 1 aromatic heterocycles. The number of aromatic nitrogens is 1. The fraction of sp³-hybridized carbons (Fsp3) is 0.375. The molecule has 0 spiro atoms. The summed E-state index contributed by atoms with van der Waals surface area (Å²) < 4.78 is 39.9. The lowest BCUT2D eigenvalue weighted by Crippen LogP contribution is -2.34. The Labute approximate surface area is 141 Å². The Hall–Kier alpha value is -2.84. The zero-order valence-corrected chi connectivity index (χ0v) is 13.3. The van der Waals surface area contributed by atoms with Gasteiger partial charge >= 0.3 is 12.3 Å². The minimum Gasteiger partial charge on any atom is -0.395 e. The van der Waals surface area contributed by atoms with Crippen LogP contribution in [-0.2, 0) is 0 Å². The van der Waals surface area contributed by atoms with Gasteiger partial charge in [0.15, 0.2) is 11.5 Å². The van der Waals surface area contributed by atoms with E-state index in [0.29, 0.717) is 23.7 Å². The Kier molecular flexibility index (Phi) is 3.52. The molecule has 2 aromatic rings. The van der Waals surface area contributed by atoms with Crippen molar-refractivity contribution in [3.63, 3.8) is 0 Å². The molecule has 3 heterocycles. The van der Waals surface area contributed by atoms with Gasteiger partial charge in [-0.05, 0) is 31.9 Å². The molecule has 9 heteroatoms. The fourth-order valence-electron chi connectivity index (χ4n) is 3.08. The molecule has 1 saturated heterocycles. The Morgan fingerprint density at radius 2 is 2.12 bits per heavy atom. The first-order chi connectivity index (χ1) is 11.9. The number of nitrogens with one attached hydrogen (secondary N) is 1. The number of rotatable bonds is 2. The van der Waals surface area contributed by atoms with Gasteiger partial charge in [0.1, 0.15) is 11.5 Å². The van der Waals surface area contributed by atoms with E-state index in [0.717, 1.165) is 12.8 Å². The van der Waals surface area contributed by atoms with E-state index in [-0.39, 0.29) is 23.6 Å². The summed E-state index contributed by atoms with van der Waals surface area (Å²) in [7, 11) is 0. The largest absolute Gasteiger partial charge is 0.586 e. The minimum atomic E-state index is -3.68. The van der Waals surface area contributed by atoms with Crippen molar-refractivity contribution in [1.82, 2.24) is 10.1 Å². The molecule has 2 aliphatic rings. The number of hydrogen-bond acceptors (Lipinski definition) is 5. The summed E-state index contributed by atoms with van der Waals surface area (Å²) in [6.45, 7) is 2.36. The number of hydrogen-bond donors (Lipinski definition) is 1. The van der Waals surface area contributed by atoms with Crippen LogP contribution in [0.25, 0.3) is 0 Å². The van der Waals surface area contributed by atoms with Gasteiger partial charge in [0, 0.05) is 24.4 Å². The van der Waals surface area contributed by atoms with Crippen molar-refractivity contribution in [2.24, 2.45) is 0 Å². The molecule has 2 amide bonds. The second kappa shape index (κ2) is 5.61. The Balaban J connectivity index is 1.49. The van der Waals surface area contributed by atoms with Crippen molar-refractivity contribution >= 4 is 11.7 Å². The second-order valence-electron chi connectivity index (χ2n) is 5.97. The third-order valence-electron chi connectivity index (χ3n) is 4.15. The van der Waals surface area contributed by atoms with Crippen molar-refractivity contribution < 1.29 is 27.6 Å². The highest BCUT2D eigenvalue weighted by Gasteiger charge is 2.43. The average molecular weight is 351 g/mol. The summed E-state index contributed by atoms with van der Waals surface area (Å²) in [6.07, 6.45) is -2.06. The number of amides is 2. The molecule has 2 aliphatic heterocycles. The normalized spacial score (nSPS) is 20.8. The molecule has 7 nitrogen and oxygen atoms in total. The van der Waals surface area contributed by atoms with Gasteiger partial charge in [-0.2, -0.15) is 0 Å². The lowest BCUT2D eigenvalue weighted by Gasteiger charge is -2.23. The van der Waals surface area contributed by atoms with Gasteiger partial charge in [0.2, 0.25) is 0 Å². The topological polar surface area (TPSA) is 76.8 Å². The zero-order chi connectivity index (χ0) is 17.6. The van der Waals surface area contributed by atoms with E-state index in [1.54, 1.807) is 17.9 Å². The standard InChI is InChI=1S/C16H15F2N3O4/c1-9-7-11(20-25-9)12-3-2-6-21(12)15(22)19-10-4-5-13-14(8-10)24-16(17,18)23-13/h4-5,7-8,12H,2-3,6H2,1H3,(H,19,22). The fourth-order valence-corrected chi connectivity index (χ4v) is 3.08. The van der Waals surface area contributed by atoms with Crippen LogP contribution in [0.1, 0.15) is 30.3 Å². The number of nitrogens with zero attached hydrogens (tertiary/aromatic N) is 2. The smallest absolute Gasteiger partial charge is 0.395 e. The molecule has 4 rings (SSSR count). The first-order valence-corrected chi connectivity index (χ1v) is 7.82. The molecular weight excluding hydrogens is 336 g/mol. The predicted molar refractivity (Wildman–Crippen MR) is 81.6 cm³/mol. The number of halogens is 2. The number of ether oxygens (including phenoxy) is 2. The van der Waals surface area contributed by atoms with Crippen LogP contribution in [0.4, 0.5) is 19.3 Å². The van der Waals surface area contributed by atoms with Crippen molar-refractivity contribution in [1.29, 1.82) is 0 Å². The van der Waals surface area contributed by atoms with Gasteiger partial charge in [-0.3, -0.25) is 0 Å². The SMILES string of the molecule is Cc1cc(C2CCCN2C(=O)Nc2ccc3c(c2)OC(F)(F)O3)no1. The number of carbonyl (C=O) groups excluding carboxylic acids is 1. The first-order valence-electron chi connectivity index (χ1n) is 7.82.